The molecule has 0 saturated carbocycles. The molecule has 1 heterocycles. The minimum absolute atomic E-state index is 0.0175. The minimum Gasteiger partial charge on any atom is -0.368 e. The summed E-state index contributed by atoms with van der Waals surface area (Å²) >= 11 is 0. The van der Waals surface area contributed by atoms with Gasteiger partial charge in [-0.15, -0.1) is 0 Å². The lowest BCUT2D eigenvalue weighted by Crippen LogP contribution is -2.45. The summed E-state index contributed by atoms with van der Waals surface area (Å²) < 4.78 is 0. The molecule has 3 N–H and O–H groups in total. The average molecular weight is 359 g/mol. The summed E-state index contributed by atoms with van der Waals surface area (Å²) in [6.45, 7) is 2.52. The number of nitrogens with zero attached hydrogens (tertiary/aromatic N) is 1. The Morgan fingerprint density at radius 2 is 1.81 bits per heavy atom. The fourth-order valence-electron chi connectivity index (χ4n) is 3.07. The third kappa shape index (κ3) is 5.15. The summed E-state index contributed by atoms with van der Waals surface area (Å²) in [6, 6.07) is 5.94. The number of nitrogens with two attached hydrogens (primary N) is 1. The number of amides is 3. The van der Waals surface area contributed by atoms with Crippen LogP contribution in [0.25, 0.3) is 0 Å². The number of ketones is 1. The quantitative estimate of drug-likeness (QED) is 0.511. The molecule has 1 saturated heterocycles. The van der Waals surface area contributed by atoms with Crippen molar-refractivity contribution < 1.29 is 19.2 Å². The first-order valence-electron chi connectivity index (χ1n) is 8.88. The number of primary amides is 1. The van der Waals surface area contributed by atoms with Crippen LogP contribution < -0.4 is 11.1 Å². The Bertz CT molecular complexity index is 685. The van der Waals surface area contributed by atoms with E-state index in [1.54, 1.807) is 29.2 Å². The molecule has 26 heavy (non-hydrogen) atoms. The summed E-state index contributed by atoms with van der Waals surface area (Å²) in [4.78, 5) is 48.2. The standard InChI is InChI=1S/C19H25N3O4/c1-13(23)14-7-9-15(10-8-14)19(26)21-11-3-2-5-16(18(20)25)22-12-4-6-17(22)24/h7-10,16H,2-6,11-12H2,1H3,(H2,20,25)(H,21,26). The second-order valence-corrected chi connectivity index (χ2v) is 6.49. The van der Waals surface area contributed by atoms with Gasteiger partial charge in [-0.1, -0.05) is 12.1 Å². The number of Topliss-reactive ketones (excluding diaryl/α,β-unsaturated/α-hetero) is 1. The molecule has 0 aliphatic carbocycles. The zero-order valence-electron chi connectivity index (χ0n) is 15.0. The Morgan fingerprint density at radius 3 is 2.35 bits per heavy atom. The number of carbonyl (C=O) groups excluding carboxylic acids is 4. The van der Waals surface area contributed by atoms with E-state index in [1.807, 2.05) is 0 Å². The van der Waals surface area contributed by atoms with Gasteiger partial charge < -0.3 is 16.0 Å². The average Bonchev–Trinajstić information content (AvgIpc) is 3.03. The predicted molar refractivity (Wildman–Crippen MR) is 96.6 cm³/mol. The smallest absolute Gasteiger partial charge is 0.251 e. The van der Waals surface area contributed by atoms with Gasteiger partial charge >= 0.3 is 0 Å². The van der Waals surface area contributed by atoms with Crippen LogP contribution in [0, 0.1) is 0 Å². The SMILES string of the molecule is CC(=O)c1ccc(C(=O)NCCCCC(C(N)=O)N2CCCC2=O)cc1. The summed E-state index contributed by atoms with van der Waals surface area (Å²) in [5.41, 5.74) is 6.48. The molecule has 0 bridgehead atoms. The van der Waals surface area contributed by atoms with Gasteiger partial charge in [-0.05, 0) is 44.7 Å². The highest BCUT2D eigenvalue weighted by Gasteiger charge is 2.30. The normalized spacial score (nSPS) is 15.0. The van der Waals surface area contributed by atoms with Crippen LogP contribution in [0.2, 0.25) is 0 Å². The maximum atomic E-state index is 12.1. The van der Waals surface area contributed by atoms with Gasteiger partial charge in [0.05, 0.1) is 0 Å². The highest BCUT2D eigenvalue weighted by atomic mass is 16.2. The number of nitrogens with one attached hydrogen (secondary N) is 1. The van der Waals surface area contributed by atoms with Crippen molar-refractivity contribution in [2.24, 2.45) is 5.73 Å². The molecule has 3 amide bonds. The highest BCUT2D eigenvalue weighted by Crippen LogP contribution is 2.17. The van der Waals surface area contributed by atoms with Gasteiger partial charge in [0.25, 0.3) is 5.91 Å². The van der Waals surface area contributed by atoms with E-state index < -0.39 is 11.9 Å². The van der Waals surface area contributed by atoms with Crippen molar-refractivity contribution in [3.05, 3.63) is 35.4 Å². The van der Waals surface area contributed by atoms with Crippen molar-refractivity contribution in [2.45, 2.75) is 45.1 Å². The number of benzene rings is 1. The van der Waals surface area contributed by atoms with Gasteiger partial charge in [0, 0.05) is 30.6 Å². The van der Waals surface area contributed by atoms with E-state index in [-0.39, 0.29) is 17.6 Å². The molecule has 1 fully saturated rings. The number of unbranched alkanes of at least 4 members (excludes halogenated alkanes) is 1. The Morgan fingerprint density at radius 1 is 1.15 bits per heavy atom. The molecule has 1 aromatic carbocycles. The zero-order chi connectivity index (χ0) is 19.1. The lowest BCUT2D eigenvalue weighted by Gasteiger charge is -2.25. The number of rotatable bonds is 9. The Hall–Kier alpha value is -2.70. The van der Waals surface area contributed by atoms with E-state index >= 15 is 0 Å². The van der Waals surface area contributed by atoms with E-state index in [0.717, 1.165) is 6.42 Å². The molecule has 1 atom stereocenters. The molecule has 1 unspecified atom stereocenters. The summed E-state index contributed by atoms with van der Waals surface area (Å²) in [5.74, 6) is -0.746. The predicted octanol–water partition coefficient (Wildman–Crippen LogP) is 1.27. The minimum atomic E-state index is -0.556. The van der Waals surface area contributed by atoms with Crippen LogP contribution in [0.15, 0.2) is 24.3 Å². The van der Waals surface area contributed by atoms with Gasteiger partial charge in [0.15, 0.2) is 5.78 Å². The Kier molecular flexibility index (Phi) is 6.89. The van der Waals surface area contributed by atoms with Crippen LogP contribution in [0.5, 0.6) is 0 Å². The second kappa shape index (κ2) is 9.12. The lowest BCUT2D eigenvalue weighted by atomic mass is 10.1. The molecule has 7 heteroatoms. The first-order chi connectivity index (χ1) is 12.4. The van der Waals surface area contributed by atoms with Gasteiger partial charge in [-0.3, -0.25) is 19.2 Å². The first-order valence-corrected chi connectivity index (χ1v) is 8.88. The van der Waals surface area contributed by atoms with Crippen LogP contribution in [-0.2, 0) is 9.59 Å². The number of hydrogen-bond acceptors (Lipinski definition) is 4. The molecule has 7 nitrogen and oxygen atoms in total. The van der Waals surface area contributed by atoms with Crippen molar-refractivity contribution >= 4 is 23.5 Å². The second-order valence-electron chi connectivity index (χ2n) is 6.49. The van der Waals surface area contributed by atoms with E-state index in [1.165, 1.54) is 6.92 Å². The maximum Gasteiger partial charge on any atom is 0.251 e. The van der Waals surface area contributed by atoms with Crippen LogP contribution >= 0.6 is 0 Å². The van der Waals surface area contributed by atoms with E-state index in [2.05, 4.69) is 5.32 Å². The van der Waals surface area contributed by atoms with Gasteiger partial charge in [0.1, 0.15) is 6.04 Å². The van der Waals surface area contributed by atoms with Crippen molar-refractivity contribution in [3.63, 3.8) is 0 Å². The fourth-order valence-corrected chi connectivity index (χ4v) is 3.07. The molecule has 1 aliphatic rings. The van der Waals surface area contributed by atoms with Crippen LogP contribution in [0.4, 0.5) is 0 Å². The molecular weight excluding hydrogens is 334 g/mol. The Balaban J connectivity index is 1.73. The van der Waals surface area contributed by atoms with Crippen LogP contribution in [0.1, 0.15) is 59.7 Å². The first kappa shape index (κ1) is 19.6. The van der Waals surface area contributed by atoms with Crippen molar-refractivity contribution in [1.82, 2.24) is 10.2 Å². The molecule has 1 aromatic rings. The fraction of sp³-hybridized carbons (Fsp3) is 0.474. The van der Waals surface area contributed by atoms with Gasteiger partial charge in [-0.25, -0.2) is 0 Å². The third-order valence-electron chi connectivity index (χ3n) is 4.56. The number of hydrogen-bond donors (Lipinski definition) is 2. The number of carbonyl (C=O) groups is 4. The highest BCUT2D eigenvalue weighted by molar-refractivity contribution is 5.97. The monoisotopic (exact) mass is 359 g/mol. The van der Waals surface area contributed by atoms with Gasteiger partial charge in [-0.2, -0.15) is 0 Å². The summed E-state index contributed by atoms with van der Waals surface area (Å²) in [6.07, 6.45) is 3.11. The Labute approximate surface area is 152 Å². The van der Waals surface area contributed by atoms with E-state index in [0.29, 0.717) is 49.9 Å². The van der Waals surface area contributed by atoms with Gasteiger partial charge in [0.2, 0.25) is 11.8 Å². The molecule has 140 valence electrons. The maximum absolute atomic E-state index is 12.1. The third-order valence-corrected chi connectivity index (χ3v) is 4.56. The topological polar surface area (TPSA) is 110 Å². The number of likely N-dealkylation sites (tertiary alicyclic amines) is 1. The van der Waals surface area contributed by atoms with Crippen LogP contribution in [-0.4, -0.2) is 47.5 Å². The lowest BCUT2D eigenvalue weighted by molar-refractivity contribution is -0.136. The van der Waals surface area contributed by atoms with E-state index in [9.17, 15) is 19.2 Å². The summed E-state index contributed by atoms with van der Waals surface area (Å²) in [5, 5.41) is 2.81. The zero-order valence-corrected chi connectivity index (χ0v) is 15.0. The van der Waals surface area contributed by atoms with Crippen molar-refractivity contribution in [3.8, 4) is 0 Å². The van der Waals surface area contributed by atoms with Crippen molar-refractivity contribution in [1.29, 1.82) is 0 Å². The van der Waals surface area contributed by atoms with Crippen molar-refractivity contribution in [2.75, 3.05) is 13.1 Å². The molecule has 2 rings (SSSR count). The molecular formula is C19H25N3O4. The molecule has 0 spiro atoms. The molecule has 1 aliphatic heterocycles. The summed E-state index contributed by atoms with van der Waals surface area (Å²) in [7, 11) is 0. The molecule has 0 aromatic heterocycles. The van der Waals surface area contributed by atoms with E-state index in [4.69, 9.17) is 5.73 Å². The molecule has 0 radical (unpaired) electrons. The largest absolute Gasteiger partial charge is 0.368 e. The van der Waals surface area contributed by atoms with Crippen LogP contribution in [0.3, 0.4) is 0 Å².